The van der Waals surface area contributed by atoms with Crippen LogP contribution in [0.25, 0.3) is 0 Å². The lowest BCUT2D eigenvalue weighted by atomic mass is 10.1. The van der Waals surface area contributed by atoms with Crippen LogP contribution in [-0.2, 0) is 4.74 Å². The summed E-state index contributed by atoms with van der Waals surface area (Å²) >= 11 is 0. The van der Waals surface area contributed by atoms with Crippen LogP contribution in [0.5, 0.6) is 0 Å². The molecule has 1 aliphatic rings. The Morgan fingerprint density at radius 1 is 1.47 bits per heavy atom. The third-order valence-corrected chi connectivity index (χ3v) is 3.23. The van der Waals surface area contributed by atoms with Crippen LogP contribution in [0.15, 0.2) is 24.3 Å². The molecular weight excluding hydrogens is 247 g/mol. The summed E-state index contributed by atoms with van der Waals surface area (Å²) in [6.45, 7) is 2.61. The zero-order valence-corrected chi connectivity index (χ0v) is 11.1. The van der Waals surface area contributed by atoms with Gasteiger partial charge in [-0.3, -0.25) is 4.79 Å². The molecule has 2 rings (SSSR count). The van der Waals surface area contributed by atoms with Gasteiger partial charge in [0, 0.05) is 18.7 Å². The van der Waals surface area contributed by atoms with Gasteiger partial charge in [-0.05, 0) is 44.3 Å². The number of carbonyl (C=O) groups excluding carboxylic acids is 1. The number of halogens is 1. The predicted molar refractivity (Wildman–Crippen MR) is 70.6 cm³/mol. The van der Waals surface area contributed by atoms with Crippen LogP contribution < -0.4 is 5.32 Å². The molecule has 1 N–H and O–H groups in total. The molecule has 0 saturated carbocycles. The monoisotopic (exact) mass is 266 g/mol. The van der Waals surface area contributed by atoms with Crippen molar-refractivity contribution in [3.8, 4) is 0 Å². The number of ether oxygens (including phenoxy) is 1. The SMILES string of the molecule is CNCCC1CN(C(=O)c2ccc(F)cc2)CCO1. The fraction of sp³-hybridized carbons (Fsp3) is 0.500. The standard InChI is InChI=1S/C14H19FN2O2/c1-16-7-6-13-10-17(8-9-19-13)14(18)11-2-4-12(15)5-3-11/h2-5,13,16H,6-10H2,1H3. The molecule has 0 spiro atoms. The lowest BCUT2D eigenvalue weighted by Gasteiger charge is -2.33. The van der Waals surface area contributed by atoms with Crippen molar-refractivity contribution in [2.75, 3.05) is 33.3 Å². The van der Waals surface area contributed by atoms with E-state index in [2.05, 4.69) is 5.32 Å². The second-order valence-corrected chi connectivity index (χ2v) is 4.64. The fourth-order valence-corrected chi connectivity index (χ4v) is 2.16. The summed E-state index contributed by atoms with van der Waals surface area (Å²) in [4.78, 5) is 14.0. The maximum atomic E-state index is 12.8. The van der Waals surface area contributed by atoms with Crippen LogP contribution >= 0.6 is 0 Å². The Labute approximate surface area is 112 Å². The molecule has 0 radical (unpaired) electrons. The Balaban J connectivity index is 1.96. The first kappa shape index (κ1) is 14.0. The third kappa shape index (κ3) is 3.75. The molecule has 4 nitrogen and oxygen atoms in total. The Morgan fingerprint density at radius 2 is 2.21 bits per heavy atom. The van der Waals surface area contributed by atoms with Gasteiger partial charge in [-0.1, -0.05) is 0 Å². The highest BCUT2D eigenvalue weighted by Gasteiger charge is 2.24. The van der Waals surface area contributed by atoms with Crippen LogP contribution in [0, 0.1) is 5.82 Å². The van der Waals surface area contributed by atoms with Crippen LogP contribution in [-0.4, -0.2) is 50.2 Å². The Hall–Kier alpha value is -1.46. The second kappa shape index (κ2) is 6.63. The minimum Gasteiger partial charge on any atom is -0.374 e. The molecule has 1 saturated heterocycles. The molecule has 0 bridgehead atoms. The van der Waals surface area contributed by atoms with Crippen molar-refractivity contribution in [2.45, 2.75) is 12.5 Å². The largest absolute Gasteiger partial charge is 0.374 e. The number of nitrogens with zero attached hydrogens (tertiary/aromatic N) is 1. The quantitative estimate of drug-likeness (QED) is 0.892. The molecule has 1 heterocycles. The van der Waals surface area contributed by atoms with Crippen molar-refractivity contribution in [2.24, 2.45) is 0 Å². The molecule has 19 heavy (non-hydrogen) atoms. The predicted octanol–water partition coefficient (Wildman–Crippen LogP) is 1.28. The zero-order chi connectivity index (χ0) is 13.7. The summed E-state index contributed by atoms with van der Waals surface area (Å²) < 4.78 is 18.5. The van der Waals surface area contributed by atoms with E-state index >= 15 is 0 Å². The highest BCUT2D eigenvalue weighted by molar-refractivity contribution is 5.94. The summed E-state index contributed by atoms with van der Waals surface area (Å²) in [6, 6.07) is 5.67. The molecular formula is C14H19FN2O2. The van der Waals surface area contributed by atoms with E-state index in [1.807, 2.05) is 7.05 Å². The number of hydrogen-bond donors (Lipinski definition) is 1. The zero-order valence-electron chi connectivity index (χ0n) is 11.1. The van der Waals surface area contributed by atoms with E-state index < -0.39 is 0 Å². The minimum atomic E-state index is -0.328. The normalized spacial score (nSPS) is 19.5. The number of benzene rings is 1. The van der Waals surface area contributed by atoms with Crippen molar-refractivity contribution < 1.29 is 13.9 Å². The summed E-state index contributed by atoms with van der Waals surface area (Å²) in [5.74, 6) is -0.386. The van der Waals surface area contributed by atoms with Crippen LogP contribution in [0.2, 0.25) is 0 Å². The summed E-state index contributed by atoms with van der Waals surface area (Å²) in [7, 11) is 1.89. The van der Waals surface area contributed by atoms with E-state index in [0.29, 0.717) is 25.3 Å². The number of hydrogen-bond acceptors (Lipinski definition) is 3. The molecule has 1 amide bonds. The number of rotatable bonds is 4. The highest BCUT2D eigenvalue weighted by atomic mass is 19.1. The number of nitrogens with one attached hydrogen (secondary N) is 1. The number of amides is 1. The summed E-state index contributed by atoms with van der Waals surface area (Å²) in [5.41, 5.74) is 0.524. The number of morpholine rings is 1. The highest BCUT2D eigenvalue weighted by Crippen LogP contribution is 2.13. The van der Waals surface area contributed by atoms with Crippen LogP contribution in [0.3, 0.4) is 0 Å². The third-order valence-electron chi connectivity index (χ3n) is 3.23. The van der Waals surface area contributed by atoms with Gasteiger partial charge in [0.05, 0.1) is 12.7 Å². The van der Waals surface area contributed by atoms with Crippen LogP contribution in [0.4, 0.5) is 4.39 Å². The fourth-order valence-electron chi connectivity index (χ4n) is 2.16. The maximum Gasteiger partial charge on any atom is 0.254 e. The lowest BCUT2D eigenvalue weighted by molar-refractivity contribution is -0.0243. The van der Waals surface area contributed by atoms with Gasteiger partial charge in [0.25, 0.3) is 5.91 Å². The van der Waals surface area contributed by atoms with E-state index in [1.54, 1.807) is 4.90 Å². The average Bonchev–Trinajstić information content (AvgIpc) is 2.45. The minimum absolute atomic E-state index is 0.0576. The molecule has 1 unspecified atom stereocenters. The van der Waals surface area contributed by atoms with Gasteiger partial charge in [-0.2, -0.15) is 0 Å². The molecule has 104 valence electrons. The van der Waals surface area contributed by atoms with Crippen LogP contribution in [0.1, 0.15) is 16.8 Å². The van der Waals surface area contributed by atoms with E-state index in [1.165, 1.54) is 24.3 Å². The van der Waals surface area contributed by atoms with Gasteiger partial charge in [0.1, 0.15) is 5.82 Å². The Bertz CT molecular complexity index is 422. The molecule has 0 aromatic heterocycles. The van der Waals surface area contributed by atoms with E-state index in [-0.39, 0.29) is 17.8 Å². The molecule has 5 heteroatoms. The second-order valence-electron chi connectivity index (χ2n) is 4.64. The topological polar surface area (TPSA) is 41.6 Å². The van der Waals surface area contributed by atoms with E-state index in [4.69, 9.17) is 4.74 Å². The van der Waals surface area contributed by atoms with Gasteiger partial charge in [-0.25, -0.2) is 4.39 Å². The molecule has 1 aliphatic heterocycles. The molecule has 0 aliphatic carbocycles. The van der Waals surface area contributed by atoms with Gasteiger partial charge in [0.2, 0.25) is 0 Å². The average molecular weight is 266 g/mol. The van der Waals surface area contributed by atoms with E-state index in [9.17, 15) is 9.18 Å². The first-order valence-corrected chi connectivity index (χ1v) is 6.51. The van der Waals surface area contributed by atoms with Crippen molar-refractivity contribution in [1.29, 1.82) is 0 Å². The molecule has 1 aromatic carbocycles. The molecule has 1 aromatic rings. The van der Waals surface area contributed by atoms with Crippen molar-refractivity contribution >= 4 is 5.91 Å². The van der Waals surface area contributed by atoms with Gasteiger partial charge in [0.15, 0.2) is 0 Å². The Morgan fingerprint density at radius 3 is 2.89 bits per heavy atom. The molecule has 1 atom stereocenters. The number of carbonyl (C=O) groups is 1. The molecule has 1 fully saturated rings. The van der Waals surface area contributed by atoms with Crippen molar-refractivity contribution in [3.63, 3.8) is 0 Å². The smallest absolute Gasteiger partial charge is 0.254 e. The van der Waals surface area contributed by atoms with Gasteiger partial charge < -0.3 is 15.0 Å². The first-order valence-electron chi connectivity index (χ1n) is 6.51. The maximum absolute atomic E-state index is 12.8. The Kier molecular flexibility index (Phi) is 4.87. The lowest BCUT2D eigenvalue weighted by Crippen LogP contribution is -2.46. The van der Waals surface area contributed by atoms with Gasteiger partial charge >= 0.3 is 0 Å². The summed E-state index contributed by atoms with van der Waals surface area (Å²) in [5, 5.41) is 3.07. The van der Waals surface area contributed by atoms with E-state index in [0.717, 1.165) is 13.0 Å². The van der Waals surface area contributed by atoms with Crippen molar-refractivity contribution in [1.82, 2.24) is 10.2 Å². The van der Waals surface area contributed by atoms with Gasteiger partial charge in [-0.15, -0.1) is 0 Å². The summed E-state index contributed by atoms with van der Waals surface area (Å²) in [6.07, 6.45) is 0.953. The van der Waals surface area contributed by atoms with Crippen molar-refractivity contribution in [3.05, 3.63) is 35.6 Å². The first-order chi connectivity index (χ1) is 9.20.